The van der Waals surface area contributed by atoms with Gasteiger partial charge in [-0.1, -0.05) is 29.3 Å². The summed E-state index contributed by atoms with van der Waals surface area (Å²) in [6.07, 6.45) is 1.55. The minimum absolute atomic E-state index is 0.383. The second-order valence-electron chi connectivity index (χ2n) is 3.47. The van der Waals surface area contributed by atoms with Crippen LogP contribution in [0.4, 0.5) is 5.69 Å². The van der Waals surface area contributed by atoms with Crippen LogP contribution in [0, 0.1) is 0 Å². The molecule has 0 radical (unpaired) electrons. The highest BCUT2D eigenvalue weighted by molar-refractivity contribution is 6.42. The summed E-state index contributed by atoms with van der Waals surface area (Å²) in [5, 5.41) is 1.04. The molecule has 0 atom stereocenters. The Morgan fingerprint density at radius 3 is 2.59 bits per heavy atom. The second kappa shape index (κ2) is 5.25. The molecule has 0 spiro atoms. The molecule has 2 aromatic rings. The third kappa shape index (κ3) is 3.25. The molecule has 5 heteroatoms. The van der Waals surface area contributed by atoms with Crippen LogP contribution in [-0.2, 0) is 6.61 Å². The molecule has 2 rings (SSSR count). The summed E-state index contributed by atoms with van der Waals surface area (Å²) >= 11 is 11.7. The molecule has 0 aliphatic carbocycles. The number of pyridine rings is 1. The Morgan fingerprint density at radius 2 is 1.94 bits per heavy atom. The zero-order valence-electron chi connectivity index (χ0n) is 8.86. The van der Waals surface area contributed by atoms with Gasteiger partial charge < -0.3 is 10.5 Å². The Morgan fingerprint density at radius 1 is 1.12 bits per heavy atom. The Kier molecular flexibility index (Phi) is 3.71. The average molecular weight is 269 g/mol. The van der Waals surface area contributed by atoms with Gasteiger partial charge in [-0.3, -0.25) is 0 Å². The lowest BCUT2D eigenvalue weighted by molar-refractivity contribution is 0.294. The van der Waals surface area contributed by atoms with Gasteiger partial charge in [-0.15, -0.1) is 0 Å². The van der Waals surface area contributed by atoms with E-state index in [1.165, 1.54) is 0 Å². The van der Waals surface area contributed by atoms with E-state index >= 15 is 0 Å². The fourth-order valence-corrected chi connectivity index (χ4v) is 1.58. The third-order valence-electron chi connectivity index (χ3n) is 2.13. The van der Waals surface area contributed by atoms with Crippen molar-refractivity contribution < 1.29 is 4.74 Å². The number of aromatic nitrogens is 1. The first kappa shape index (κ1) is 12.0. The first-order valence-electron chi connectivity index (χ1n) is 4.93. The molecule has 1 aromatic heterocycles. The van der Waals surface area contributed by atoms with E-state index in [1.54, 1.807) is 30.5 Å². The number of ether oxygens (including phenoxy) is 1. The molecule has 3 nitrogen and oxygen atoms in total. The molecule has 0 bridgehead atoms. The van der Waals surface area contributed by atoms with Crippen LogP contribution >= 0.6 is 23.2 Å². The van der Waals surface area contributed by atoms with Crippen molar-refractivity contribution in [2.24, 2.45) is 0 Å². The molecule has 0 saturated heterocycles. The Hall–Kier alpha value is -1.45. The van der Waals surface area contributed by atoms with Gasteiger partial charge in [0.1, 0.15) is 6.61 Å². The summed E-state index contributed by atoms with van der Waals surface area (Å²) in [5.74, 6) is 0.519. The molecule has 0 unspecified atom stereocenters. The Balaban J connectivity index is 2.02. The van der Waals surface area contributed by atoms with Gasteiger partial charge in [-0.05, 0) is 23.8 Å². The molecule has 88 valence electrons. The zero-order chi connectivity index (χ0) is 12.3. The predicted octanol–water partition coefficient (Wildman–Crippen LogP) is 3.55. The maximum atomic E-state index is 5.90. The molecule has 0 fully saturated rings. The second-order valence-corrected chi connectivity index (χ2v) is 4.28. The van der Waals surface area contributed by atoms with Gasteiger partial charge in [-0.25, -0.2) is 4.98 Å². The number of hydrogen-bond donors (Lipinski definition) is 1. The Labute approximate surface area is 109 Å². The standard InChI is InChI=1S/C12H10Cl2N2O/c13-10-3-1-8(5-11(10)14)7-17-12-4-2-9(15)6-16-12/h1-6H,7,15H2. The van der Waals surface area contributed by atoms with Gasteiger partial charge in [0, 0.05) is 6.07 Å². The smallest absolute Gasteiger partial charge is 0.213 e. The van der Waals surface area contributed by atoms with Crippen LogP contribution in [0.1, 0.15) is 5.56 Å². The predicted molar refractivity (Wildman–Crippen MR) is 69.4 cm³/mol. The molecule has 0 aliphatic heterocycles. The summed E-state index contributed by atoms with van der Waals surface area (Å²) < 4.78 is 5.47. The fourth-order valence-electron chi connectivity index (χ4n) is 1.26. The van der Waals surface area contributed by atoms with Crippen LogP contribution < -0.4 is 10.5 Å². The number of hydrogen-bond acceptors (Lipinski definition) is 3. The molecule has 1 heterocycles. The van der Waals surface area contributed by atoms with Crippen LogP contribution in [0.2, 0.25) is 10.0 Å². The van der Waals surface area contributed by atoms with E-state index in [1.807, 2.05) is 6.07 Å². The van der Waals surface area contributed by atoms with Crippen LogP contribution in [0.5, 0.6) is 5.88 Å². The monoisotopic (exact) mass is 268 g/mol. The number of nitrogens with two attached hydrogens (primary N) is 1. The van der Waals surface area contributed by atoms with Crippen molar-refractivity contribution in [3.63, 3.8) is 0 Å². The van der Waals surface area contributed by atoms with E-state index in [2.05, 4.69) is 4.98 Å². The molecular formula is C12H10Cl2N2O. The maximum Gasteiger partial charge on any atom is 0.213 e. The quantitative estimate of drug-likeness (QED) is 0.926. The largest absolute Gasteiger partial charge is 0.473 e. The van der Waals surface area contributed by atoms with Crippen molar-refractivity contribution in [3.8, 4) is 5.88 Å². The number of nitrogen functional groups attached to an aromatic ring is 1. The SMILES string of the molecule is Nc1ccc(OCc2ccc(Cl)c(Cl)c2)nc1. The third-order valence-corrected chi connectivity index (χ3v) is 2.87. The maximum absolute atomic E-state index is 5.90. The molecule has 0 saturated carbocycles. The zero-order valence-corrected chi connectivity index (χ0v) is 10.4. The van der Waals surface area contributed by atoms with E-state index in [4.69, 9.17) is 33.7 Å². The van der Waals surface area contributed by atoms with E-state index in [-0.39, 0.29) is 0 Å². The van der Waals surface area contributed by atoms with Gasteiger partial charge in [0.25, 0.3) is 0 Å². The molecular weight excluding hydrogens is 259 g/mol. The van der Waals surface area contributed by atoms with Gasteiger partial charge in [0.2, 0.25) is 5.88 Å². The van der Waals surface area contributed by atoms with E-state index in [9.17, 15) is 0 Å². The number of rotatable bonds is 3. The van der Waals surface area contributed by atoms with Gasteiger partial charge >= 0.3 is 0 Å². The first-order valence-corrected chi connectivity index (χ1v) is 5.69. The van der Waals surface area contributed by atoms with Crippen LogP contribution in [0.15, 0.2) is 36.5 Å². The first-order chi connectivity index (χ1) is 8.15. The summed E-state index contributed by atoms with van der Waals surface area (Å²) in [4.78, 5) is 4.03. The van der Waals surface area contributed by atoms with Crippen molar-refractivity contribution in [2.45, 2.75) is 6.61 Å². The highest BCUT2D eigenvalue weighted by Crippen LogP contribution is 2.23. The highest BCUT2D eigenvalue weighted by atomic mass is 35.5. The van der Waals surface area contributed by atoms with E-state index < -0.39 is 0 Å². The van der Waals surface area contributed by atoms with Crippen molar-refractivity contribution in [1.29, 1.82) is 0 Å². The molecule has 1 aromatic carbocycles. The number of anilines is 1. The normalized spacial score (nSPS) is 10.2. The summed E-state index contributed by atoms with van der Waals surface area (Å²) in [6.45, 7) is 0.383. The summed E-state index contributed by atoms with van der Waals surface area (Å²) in [6, 6.07) is 8.80. The average Bonchev–Trinajstić information content (AvgIpc) is 2.33. The van der Waals surface area contributed by atoms with Crippen LogP contribution in [0.3, 0.4) is 0 Å². The van der Waals surface area contributed by atoms with Crippen molar-refractivity contribution in [1.82, 2.24) is 4.98 Å². The Bertz CT molecular complexity index is 514. The lowest BCUT2D eigenvalue weighted by atomic mass is 10.2. The van der Waals surface area contributed by atoms with Crippen LogP contribution in [-0.4, -0.2) is 4.98 Å². The number of nitrogens with zero attached hydrogens (tertiary/aromatic N) is 1. The van der Waals surface area contributed by atoms with Gasteiger partial charge in [0.15, 0.2) is 0 Å². The molecule has 0 amide bonds. The topological polar surface area (TPSA) is 48.1 Å². The lowest BCUT2D eigenvalue weighted by Crippen LogP contribution is -1.97. The number of benzene rings is 1. The fraction of sp³-hybridized carbons (Fsp3) is 0.0833. The van der Waals surface area contributed by atoms with Gasteiger partial charge in [0.05, 0.1) is 21.9 Å². The lowest BCUT2D eigenvalue weighted by Gasteiger charge is -2.06. The minimum Gasteiger partial charge on any atom is -0.473 e. The van der Waals surface area contributed by atoms with Crippen molar-refractivity contribution in [2.75, 3.05) is 5.73 Å². The summed E-state index contributed by atoms with van der Waals surface area (Å²) in [7, 11) is 0. The molecule has 2 N–H and O–H groups in total. The molecule has 17 heavy (non-hydrogen) atoms. The highest BCUT2D eigenvalue weighted by Gasteiger charge is 2.01. The number of halogens is 2. The van der Waals surface area contributed by atoms with E-state index in [0.717, 1.165) is 5.56 Å². The minimum atomic E-state index is 0.383. The molecule has 0 aliphatic rings. The van der Waals surface area contributed by atoms with Crippen molar-refractivity contribution in [3.05, 3.63) is 52.1 Å². The van der Waals surface area contributed by atoms with Crippen LogP contribution in [0.25, 0.3) is 0 Å². The van der Waals surface area contributed by atoms with E-state index in [0.29, 0.717) is 28.2 Å². The summed E-state index contributed by atoms with van der Waals surface area (Å²) in [5.41, 5.74) is 7.05. The van der Waals surface area contributed by atoms with Crippen molar-refractivity contribution >= 4 is 28.9 Å². The van der Waals surface area contributed by atoms with Gasteiger partial charge in [-0.2, -0.15) is 0 Å².